The van der Waals surface area contributed by atoms with E-state index < -0.39 is 0 Å². The van der Waals surface area contributed by atoms with Crippen molar-refractivity contribution in [2.24, 2.45) is 0 Å². The van der Waals surface area contributed by atoms with Gasteiger partial charge in [0.25, 0.3) is 5.56 Å². The van der Waals surface area contributed by atoms with Gasteiger partial charge in [0.2, 0.25) is 0 Å². The molecule has 0 radical (unpaired) electrons. The third kappa shape index (κ3) is 3.02. The number of rotatable bonds is 4. The molecule has 0 amide bonds. The Morgan fingerprint density at radius 2 is 2.50 bits per heavy atom. The second-order valence-electron chi connectivity index (χ2n) is 2.93. The molecule has 1 rings (SSSR count). The Bertz CT molecular complexity index is 355. The minimum Gasteiger partial charge on any atom is -0.379 e. The van der Waals surface area contributed by atoms with Gasteiger partial charge in [-0.25, -0.2) is 5.10 Å². The molecule has 1 atom stereocenters. The summed E-state index contributed by atoms with van der Waals surface area (Å²) in [5, 5.41) is 9.27. The molecule has 1 aromatic rings. The van der Waals surface area contributed by atoms with Gasteiger partial charge >= 0.3 is 0 Å². The van der Waals surface area contributed by atoms with E-state index in [-0.39, 0.29) is 5.56 Å². The predicted molar refractivity (Wildman–Crippen MR) is 64.0 cm³/mol. The van der Waals surface area contributed by atoms with E-state index in [1.807, 2.05) is 6.26 Å². The largest absolute Gasteiger partial charge is 0.379 e. The molecule has 6 heteroatoms. The maximum Gasteiger partial charge on any atom is 0.280 e. The number of nitrogens with one attached hydrogen (secondary N) is 2. The average Bonchev–Trinajstić information content (AvgIpc) is 2.13. The number of hydrogen-bond acceptors (Lipinski definition) is 4. The molecule has 1 unspecified atom stereocenters. The SMILES string of the molecule is CSCC(C)Nc1cn[nH]c(=O)c1Br. The standard InChI is InChI=1S/C8H12BrN3OS/c1-5(4-14-2)11-6-3-10-12-8(13)7(6)9/h3,5H,4H2,1-2H3,(H2,11,12,13). The highest BCUT2D eigenvalue weighted by atomic mass is 79.9. The van der Waals surface area contributed by atoms with Crippen molar-refractivity contribution in [2.75, 3.05) is 17.3 Å². The lowest BCUT2D eigenvalue weighted by Crippen LogP contribution is -2.20. The van der Waals surface area contributed by atoms with E-state index in [1.54, 1.807) is 18.0 Å². The zero-order valence-corrected chi connectivity index (χ0v) is 10.4. The number of aromatic amines is 1. The first-order valence-corrected chi connectivity index (χ1v) is 6.32. The maximum atomic E-state index is 11.2. The zero-order chi connectivity index (χ0) is 10.6. The Balaban J connectivity index is 2.76. The van der Waals surface area contributed by atoms with Crippen LogP contribution in [-0.4, -0.2) is 28.2 Å². The Kier molecular flexibility index (Phi) is 4.47. The molecule has 0 aliphatic carbocycles. The fraction of sp³-hybridized carbons (Fsp3) is 0.500. The average molecular weight is 278 g/mol. The minimum absolute atomic E-state index is 0.216. The molecule has 0 aliphatic rings. The van der Waals surface area contributed by atoms with Crippen LogP contribution < -0.4 is 10.9 Å². The Hall–Kier alpha value is -0.490. The zero-order valence-electron chi connectivity index (χ0n) is 8.00. The first kappa shape index (κ1) is 11.6. The number of anilines is 1. The number of thioether (sulfide) groups is 1. The molecular formula is C8H12BrN3OS. The van der Waals surface area contributed by atoms with Gasteiger partial charge in [0.1, 0.15) is 4.47 Å². The van der Waals surface area contributed by atoms with Crippen LogP contribution >= 0.6 is 27.7 Å². The fourth-order valence-corrected chi connectivity index (χ4v) is 1.93. The lowest BCUT2D eigenvalue weighted by molar-refractivity contribution is 0.896. The van der Waals surface area contributed by atoms with Gasteiger partial charge in [-0.05, 0) is 29.1 Å². The molecule has 0 spiro atoms. The van der Waals surface area contributed by atoms with Crippen molar-refractivity contribution in [1.82, 2.24) is 10.2 Å². The summed E-state index contributed by atoms with van der Waals surface area (Å²) in [6.07, 6.45) is 3.64. The molecule has 0 aromatic carbocycles. The van der Waals surface area contributed by atoms with Gasteiger partial charge in [-0.15, -0.1) is 0 Å². The highest BCUT2D eigenvalue weighted by molar-refractivity contribution is 9.10. The molecular weight excluding hydrogens is 266 g/mol. The van der Waals surface area contributed by atoms with E-state index in [4.69, 9.17) is 0 Å². The van der Waals surface area contributed by atoms with Crippen molar-refractivity contribution in [3.63, 3.8) is 0 Å². The summed E-state index contributed by atoms with van der Waals surface area (Å²) >= 11 is 4.96. The smallest absolute Gasteiger partial charge is 0.280 e. The number of nitrogens with zero attached hydrogens (tertiary/aromatic N) is 1. The number of aromatic nitrogens is 2. The van der Waals surface area contributed by atoms with E-state index in [0.29, 0.717) is 10.5 Å². The van der Waals surface area contributed by atoms with Crippen molar-refractivity contribution in [3.05, 3.63) is 21.0 Å². The Labute approximate surface area is 95.0 Å². The molecule has 1 heterocycles. The first-order chi connectivity index (χ1) is 6.65. The van der Waals surface area contributed by atoms with Gasteiger partial charge < -0.3 is 5.32 Å². The Morgan fingerprint density at radius 3 is 3.14 bits per heavy atom. The van der Waals surface area contributed by atoms with Crippen LogP contribution in [0.1, 0.15) is 6.92 Å². The van der Waals surface area contributed by atoms with Crippen molar-refractivity contribution in [3.8, 4) is 0 Å². The molecule has 0 bridgehead atoms. The lowest BCUT2D eigenvalue weighted by atomic mass is 10.3. The lowest BCUT2D eigenvalue weighted by Gasteiger charge is -2.13. The molecule has 1 aromatic heterocycles. The van der Waals surface area contributed by atoms with Gasteiger partial charge in [-0.2, -0.15) is 16.9 Å². The topological polar surface area (TPSA) is 57.8 Å². The quantitative estimate of drug-likeness (QED) is 0.880. The molecule has 0 fully saturated rings. The van der Waals surface area contributed by atoms with Gasteiger partial charge in [0.15, 0.2) is 0 Å². The predicted octanol–water partition coefficient (Wildman–Crippen LogP) is 1.70. The summed E-state index contributed by atoms with van der Waals surface area (Å²) in [7, 11) is 0. The second-order valence-corrected chi connectivity index (χ2v) is 4.63. The number of H-pyrrole nitrogens is 1. The fourth-order valence-electron chi connectivity index (χ4n) is 1.04. The van der Waals surface area contributed by atoms with E-state index in [0.717, 1.165) is 11.4 Å². The molecule has 0 aliphatic heterocycles. The third-order valence-corrected chi connectivity index (χ3v) is 3.23. The van der Waals surface area contributed by atoms with Crippen LogP contribution in [0, 0.1) is 0 Å². The summed E-state index contributed by atoms with van der Waals surface area (Å²) in [5.74, 6) is 0.985. The highest BCUT2D eigenvalue weighted by Crippen LogP contribution is 2.16. The summed E-state index contributed by atoms with van der Waals surface area (Å²) in [6, 6.07) is 0.310. The molecule has 0 saturated carbocycles. The van der Waals surface area contributed by atoms with Crippen molar-refractivity contribution >= 4 is 33.4 Å². The summed E-state index contributed by atoms with van der Waals surface area (Å²) < 4.78 is 0.500. The van der Waals surface area contributed by atoms with Crippen molar-refractivity contribution in [1.29, 1.82) is 0 Å². The van der Waals surface area contributed by atoms with Crippen LogP contribution in [0.15, 0.2) is 15.5 Å². The summed E-state index contributed by atoms with van der Waals surface area (Å²) in [5.41, 5.74) is 0.515. The first-order valence-electron chi connectivity index (χ1n) is 4.13. The normalized spacial score (nSPS) is 12.5. The molecule has 78 valence electrons. The van der Waals surface area contributed by atoms with E-state index in [9.17, 15) is 4.79 Å². The van der Waals surface area contributed by atoms with E-state index >= 15 is 0 Å². The number of hydrogen-bond donors (Lipinski definition) is 2. The Morgan fingerprint density at radius 1 is 1.79 bits per heavy atom. The highest BCUT2D eigenvalue weighted by Gasteiger charge is 2.07. The van der Waals surface area contributed by atoms with Crippen LogP contribution in [0.3, 0.4) is 0 Å². The minimum atomic E-state index is -0.216. The van der Waals surface area contributed by atoms with E-state index in [1.165, 1.54) is 0 Å². The summed E-state index contributed by atoms with van der Waals surface area (Å²) in [4.78, 5) is 11.2. The van der Waals surface area contributed by atoms with Crippen LogP contribution in [0.5, 0.6) is 0 Å². The number of halogens is 1. The molecule has 14 heavy (non-hydrogen) atoms. The van der Waals surface area contributed by atoms with Crippen molar-refractivity contribution < 1.29 is 0 Å². The van der Waals surface area contributed by atoms with Crippen LogP contribution in [0.2, 0.25) is 0 Å². The van der Waals surface area contributed by atoms with E-state index in [2.05, 4.69) is 38.4 Å². The molecule has 2 N–H and O–H groups in total. The molecule has 0 saturated heterocycles. The third-order valence-electron chi connectivity index (χ3n) is 1.61. The van der Waals surface area contributed by atoms with Gasteiger partial charge in [0, 0.05) is 11.8 Å². The van der Waals surface area contributed by atoms with Gasteiger partial charge in [0.05, 0.1) is 11.9 Å². The summed E-state index contributed by atoms with van der Waals surface area (Å²) in [6.45, 7) is 2.06. The van der Waals surface area contributed by atoms with Crippen molar-refractivity contribution in [2.45, 2.75) is 13.0 Å². The monoisotopic (exact) mass is 277 g/mol. The van der Waals surface area contributed by atoms with Gasteiger partial charge in [-0.3, -0.25) is 4.79 Å². The second kappa shape index (κ2) is 5.41. The van der Waals surface area contributed by atoms with Gasteiger partial charge in [-0.1, -0.05) is 0 Å². The maximum absolute atomic E-state index is 11.2. The van der Waals surface area contributed by atoms with Crippen LogP contribution in [-0.2, 0) is 0 Å². The van der Waals surface area contributed by atoms with Crippen LogP contribution in [0.25, 0.3) is 0 Å². The van der Waals surface area contributed by atoms with Crippen LogP contribution in [0.4, 0.5) is 5.69 Å². The molecule has 4 nitrogen and oxygen atoms in total.